The number of nitrogens with one attached hydrogen (secondary N) is 2. The second-order valence-electron chi connectivity index (χ2n) is 4.53. The molecule has 0 bridgehead atoms. The first kappa shape index (κ1) is 11.7. The van der Waals surface area contributed by atoms with E-state index >= 15 is 0 Å². The zero-order valence-corrected chi connectivity index (χ0v) is 11.2. The molecule has 0 amide bonds. The molecule has 1 aliphatic rings. The summed E-state index contributed by atoms with van der Waals surface area (Å²) in [6.07, 6.45) is 0. The van der Waals surface area contributed by atoms with Gasteiger partial charge in [-0.1, -0.05) is 6.07 Å². The lowest BCUT2D eigenvalue weighted by molar-refractivity contribution is 0.299. The zero-order chi connectivity index (χ0) is 12.7. The molecule has 1 fully saturated rings. The standard InChI is InChI=1S/C12H12BrN3O2/c13-8-2-1-3-9-10(8)11(17)16(12(18)15-9)6-7-4-14-5-7/h1-3,7,14H,4-6H2,(H,15,18). The molecule has 2 heterocycles. The Morgan fingerprint density at radius 2 is 2.11 bits per heavy atom. The van der Waals surface area contributed by atoms with Crippen molar-refractivity contribution in [1.82, 2.24) is 14.9 Å². The first-order valence-electron chi connectivity index (χ1n) is 5.79. The molecule has 6 heteroatoms. The summed E-state index contributed by atoms with van der Waals surface area (Å²) in [5.74, 6) is 0.365. The Bertz CT molecular complexity index is 715. The van der Waals surface area contributed by atoms with E-state index in [1.165, 1.54) is 4.57 Å². The Morgan fingerprint density at radius 3 is 2.78 bits per heavy atom. The third kappa shape index (κ3) is 1.81. The number of aromatic nitrogens is 2. The first-order chi connectivity index (χ1) is 8.66. The van der Waals surface area contributed by atoms with E-state index in [0.29, 0.717) is 27.8 Å². The highest BCUT2D eigenvalue weighted by Crippen LogP contribution is 2.17. The van der Waals surface area contributed by atoms with E-state index < -0.39 is 0 Å². The quantitative estimate of drug-likeness (QED) is 0.857. The van der Waals surface area contributed by atoms with Crippen molar-refractivity contribution < 1.29 is 0 Å². The largest absolute Gasteiger partial charge is 0.328 e. The Hall–Kier alpha value is -1.40. The van der Waals surface area contributed by atoms with Crippen molar-refractivity contribution in [3.63, 3.8) is 0 Å². The van der Waals surface area contributed by atoms with Gasteiger partial charge in [-0.3, -0.25) is 9.36 Å². The molecule has 1 aromatic carbocycles. The Kier molecular flexibility index (Phi) is 2.83. The van der Waals surface area contributed by atoms with Crippen LogP contribution in [-0.4, -0.2) is 22.6 Å². The molecular formula is C12H12BrN3O2. The van der Waals surface area contributed by atoms with Crippen molar-refractivity contribution in [2.24, 2.45) is 5.92 Å². The SMILES string of the molecule is O=c1[nH]c2cccc(Br)c2c(=O)n1CC1CNC1. The minimum absolute atomic E-state index is 0.229. The Morgan fingerprint density at radius 1 is 1.33 bits per heavy atom. The van der Waals surface area contributed by atoms with Gasteiger partial charge in [0.05, 0.1) is 10.9 Å². The zero-order valence-electron chi connectivity index (χ0n) is 9.57. The molecule has 94 valence electrons. The fourth-order valence-electron chi connectivity index (χ4n) is 2.16. The molecule has 2 N–H and O–H groups in total. The molecule has 0 saturated carbocycles. The van der Waals surface area contributed by atoms with Crippen molar-refractivity contribution in [3.8, 4) is 0 Å². The summed E-state index contributed by atoms with van der Waals surface area (Å²) in [6, 6.07) is 5.33. The van der Waals surface area contributed by atoms with Gasteiger partial charge in [0.15, 0.2) is 0 Å². The third-order valence-electron chi connectivity index (χ3n) is 3.27. The van der Waals surface area contributed by atoms with E-state index in [9.17, 15) is 9.59 Å². The van der Waals surface area contributed by atoms with Gasteiger partial charge in [-0.25, -0.2) is 4.79 Å². The van der Waals surface area contributed by atoms with Gasteiger partial charge in [0, 0.05) is 30.0 Å². The van der Waals surface area contributed by atoms with Crippen molar-refractivity contribution in [2.75, 3.05) is 13.1 Å². The summed E-state index contributed by atoms with van der Waals surface area (Å²) < 4.78 is 2.00. The van der Waals surface area contributed by atoms with Crippen LogP contribution in [0.15, 0.2) is 32.3 Å². The number of hydrogen-bond acceptors (Lipinski definition) is 3. The summed E-state index contributed by atoms with van der Waals surface area (Å²) in [7, 11) is 0. The Labute approximate surface area is 111 Å². The van der Waals surface area contributed by atoms with Crippen LogP contribution >= 0.6 is 15.9 Å². The predicted molar refractivity (Wildman–Crippen MR) is 72.9 cm³/mol. The van der Waals surface area contributed by atoms with Crippen LogP contribution in [0.25, 0.3) is 10.9 Å². The number of aromatic amines is 1. The van der Waals surface area contributed by atoms with Gasteiger partial charge in [0.25, 0.3) is 5.56 Å². The average molecular weight is 310 g/mol. The van der Waals surface area contributed by atoms with E-state index in [0.717, 1.165) is 13.1 Å². The van der Waals surface area contributed by atoms with Crippen LogP contribution in [0.5, 0.6) is 0 Å². The van der Waals surface area contributed by atoms with E-state index in [-0.39, 0.29) is 11.2 Å². The molecule has 0 radical (unpaired) electrons. The fourth-order valence-corrected chi connectivity index (χ4v) is 2.69. The van der Waals surface area contributed by atoms with E-state index in [4.69, 9.17) is 0 Å². The fraction of sp³-hybridized carbons (Fsp3) is 0.333. The summed E-state index contributed by atoms with van der Waals surface area (Å²) in [4.78, 5) is 27.0. The van der Waals surface area contributed by atoms with Crippen molar-refractivity contribution in [1.29, 1.82) is 0 Å². The second-order valence-corrected chi connectivity index (χ2v) is 5.39. The van der Waals surface area contributed by atoms with Crippen molar-refractivity contribution in [2.45, 2.75) is 6.54 Å². The van der Waals surface area contributed by atoms with Gasteiger partial charge < -0.3 is 10.3 Å². The monoisotopic (exact) mass is 309 g/mol. The van der Waals surface area contributed by atoms with Gasteiger partial charge in [0.1, 0.15) is 0 Å². The third-order valence-corrected chi connectivity index (χ3v) is 3.93. The number of rotatable bonds is 2. The van der Waals surface area contributed by atoms with Crippen molar-refractivity contribution in [3.05, 3.63) is 43.5 Å². The minimum Gasteiger partial charge on any atom is -0.316 e. The first-order valence-corrected chi connectivity index (χ1v) is 6.58. The number of benzene rings is 1. The second kappa shape index (κ2) is 4.37. The molecule has 0 atom stereocenters. The van der Waals surface area contributed by atoms with Crippen LogP contribution in [0.2, 0.25) is 0 Å². The van der Waals surface area contributed by atoms with Gasteiger partial charge in [-0.05, 0) is 28.1 Å². The van der Waals surface area contributed by atoms with E-state index in [2.05, 4.69) is 26.2 Å². The van der Waals surface area contributed by atoms with Crippen LogP contribution < -0.4 is 16.6 Å². The summed E-state index contributed by atoms with van der Waals surface area (Å²) in [5.41, 5.74) is 0.00739. The maximum atomic E-state index is 12.3. The molecule has 0 unspecified atom stereocenters. The lowest BCUT2D eigenvalue weighted by atomic mass is 10.0. The smallest absolute Gasteiger partial charge is 0.316 e. The van der Waals surface area contributed by atoms with Gasteiger partial charge in [0.2, 0.25) is 0 Å². The highest BCUT2D eigenvalue weighted by atomic mass is 79.9. The molecule has 3 rings (SSSR count). The molecule has 0 aliphatic carbocycles. The van der Waals surface area contributed by atoms with Crippen LogP contribution in [0, 0.1) is 5.92 Å². The molecule has 18 heavy (non-hydrogen) atoms. The molecule has 5 nitrogen and oxygen atoms in total. The molecular weight excluding hydrogens is 298 g/mol. The number of halogens is 1. The van der Waals surface area contributed by atoms with Crippen LogP contribution in [0.4, 0.5) is 0 Å². The van der Waals surface area contributed by atoms with E-state index in [1.807, 2.05) is 0 Å². The molecule has 1 aliphatic heterocycles. The summed E-state index contributed by atoms with van der Waals surface area (Å²) in [6.45, 7) is 2.19. The number of nitrogens with zero attached hydrogens (tertiary/aromatic N) is 1. The summed E-state index contributed by atoms with van der Waals surface area (Å²) >= 11 is 3.36. The van der Waals surface area contributed by atoms with Crippen LogP contribution in [0.3, 0.4) is 0 Å². The maximum Gasteiger partial charge on any atom is 0.328 e. The predicted octanol–water partition coefficient (Wildman–Crippen LogP) is 0.672. The number of hydrogen-bond donors (Lipinski definition) is 2. The number of fused-ring (bicyclic) bond motifs is 1. The molecule has 1 aromatic heterocycles. The highest BCUT2D eigenvalue weighted by molar-refractivity contribution is 9.10. The summed E-state index contributed by atoms with van der Waals surface area (Å²) in [5, 5.41) is 3.66. The molecule has 1 saturated heterocycles. The normalized spacial score (nSPS) is 15.8. The van der Waals surface area contributed by atoms with Crippen LogP contribution in [0.1, 0.15) is 0 Å². The minimum atomic E-state index is -0.336. The Balaban J connectivity index is 2.22. The van der Waals surface area contributed by atoms with Gasteiger partial charge in [-0.15, -0.1) is 0 Å². The van der Waals surface area contributed by atoms with Gasteiger partial charge >= 0.3 is 5.69 Å². The average Bonchev–Trinajstić information content (AvgIpc) is 2.26. The topological polar surface area (TPSA) is 66.9 Å². The molecule has 0 spiro atoms. The lowest BCUT2D eigenvalue weighted by Gasteiger charge is -2.27. The number of H-pyrrole nitrogens is 1. The maximum absolute atomic E-state index is 12.3. The van der Waals surface area contributed by atoms with Crippen LogP contribution in [-0.2, 0) is 6.54 Å². The highest BCUT2D eigenvalue weighted by Gasteiger charge is 2.20. The van der Waals surface area contributed by atoms with Crippen molar-refractivity contribution >= 4 is 26.8 Å². The molecule has 2 aromatic rings. The lowest BCUT2D eigenvalue weighted by Crippen LogP contribution is -2.48. The van der Waals surface area contributed by atoms with E-state index in [1.54, 1.807) is 18.2 Å². The van der Waals surface area contributed by atoms with Gasteiger partial charge in [-0.2, -0.15) is 0 Å².